The Hall–Kier alpha value is -4.53. The predicted octanol–water partition coefficient (Wildman–Crippen LogP) is 10.2. The van der Waals surface area contributed by atoms with Crippen molar-refractivity contribution < 1.29 is 0 Å². The van der Waals surface area contributed by atoms with Crippen LogP contribution >= 0.6 is 15.9 Å². The van der Waals surface area contributed by atoms with Gasteiger partial charge in [-0.2, -0.15) is 0 Å². The zero-order chi connectivity index (χ0) is 26.4. The van der Waals surface area contributed by atoms with Crippen LogP contribution in [0.1, 0.15) is 22.3 Å². The Kier molecular flexibility index (Phi) is 4.46. The van der Waals surface area contributed by atoms with Crippen LogP contribution in [0.4, 0.5) is 0 Å². The second-order valence-electron chi connectivity index (χ2n) is 10.8. The first-order valence-corrected chi connectivity index (χ1v) is 14.5. The van der Waals surface area contributed by atoms with E-state index in [0.717, 1.165) is 21.2 Å². The number of hydrogen-bond acceptors (Lipinski definition) is 1. The molecule has 0 unspecified atom stereocenters. The van der Waals surface area contributed by atoms with Gasteiger partial charge in [-0.3, -0.25) is 0 Å². The molecule has 0 saturated carbocycles. The molecule has 1 aromatic heterocycles. The Bertz CT molecular complexity index is 2130. The summed E-state index contributed by atoms with van der Waals surface area (Å²) in [7, 11) is 0. The van der Waals surface area contributed by atoms with Gasteiger partial charge in [0.1, 0.15) is 0 Å². The zero-order valence-corrected chi connectivity index (χ0v) is 23.1. The van der Waals surface area contributed by atoms with Gasteiger partial charge in [0, 0.05) is 20.8 Å². The molecule has 186 valence electrons. The molecule has 7 aromatic rings. The van der Waals surface area contributed by atoms with Gasteiger partial charge in [0.2, 0.25) is 0 Å². The number of hydrogen-bond donors (Lipinski definition) is 0. The monoisotopic (exact) mass is 571 g/mol. The maximum atomic E-state index is 5.23. The minimum absolute atomic E-state index is 0.352. The average Bonchev–Trinajstić information content (AvgIpc) is 3.47. The summed E-state index contributed by atoms with van der Waals surface area (Å²) in [6.07, 6.45) is 0. The van der Waals surface area contributed by atoms with Gasteiger partial charge < -0.3 is 0 Å². The van der Waals surface area contributed by atoms with Crippen LogP contribution in [-0.2, 0) is 5.41 Å². The van der Waals surface area contributed by atoms with E-state index in [1.54, 1.807) is 0 Å². The Morgan fingerprint density at radius 3 is 1.65 bits per heavy atom. The predicted molar refractivity (Wildman–Crippen MR) is 169 cm³/mol. The molecular formula is C38H22BrN. The molecule has 2 heteroatoms. The number of halogens is 1. The van der Waals surface area contributed by atoms with Crippen LogP contribution in [0, 0.1) is 0 Å². The summed E-state index contributed by atoms with van der Waals surface area (Å²) in [5, 5.41) is 3.62. The van der Waals surface area contributed by atoms with Crippen molar-refractivity contribution in [3.8, 4) is 33.5 Å². The fourth-order valence-electron chi connectivity index (χ4n) is 7.36. The Labute approximate surface area is 240 Å². The van der Waals surface area contributed by atoms with E-state index in [1.807, 2.05) is 0 Å². The molecule has 1 heterocycles. The van der Waals surface area contributed by atoms with Crippen LogP contribution in [-0.4, -0.2) is 4.98 Å². The van der Waals surface area contributed by atoms with Crippen molar-refractivity contribution >= 4 is 37.6 Å². The number of benzene rings is 6. The van der Waals surface area contributed by atoms with Crippen molar-refractivity contribution in [3.63, 3.8) is 0 Å². The van der Waals surface area contributed by atoms with Gasteiger partial charge in [-0.1, -0.05) is 119 Å². The molecule has 40 heavy (non-hydrogen) atoms. The molecule has 0 atom stereocenters. The Morgan fingerprint density at radius 1 is 0.450 bits per heavy atom. The third-order valence-electron chi connectivity index (χ3n) is 8.93. The van der Waals surface area contributed by atoms with E-state index in [0.29, 0.717) is 0 Å². The van der Waals surface area contributed by atoms with Gasteiger partial charge in [0.15, 0.2) is 0 Å². The maximum absolute atomic E-state index is 5.23. The SMILES string of the molecule is Brc1ccc(-c2nc3ccccc3c3cc4c(cc23)-c2ccccc2C42c3ccccc3-c3ccccc32)cc1. The van der Waals surface area contributed by atoms with Crippen LogP contribution in [0.3, 0.4) is 0 Å². The molecular weight excluding hydrogens is 550 g/mol. The number of fused-ring (bicyclic) bond motifs is 13. The third kappa shape index (κ3) is 2.74. The summed E-state index contributed by atoms with van der Waals surface area (Å²) >= 11 is 3.61. The quantitative estimate of drug-likeness (QED) is 0.178. The van der Waals surface area contributed by atoms with Crippen molar-refractivity contribution in [2.75, 3.05) is 0 Å². The van der Waals surface area contributed by atoms with E-state index < -0.39 is 0 Å². The molecule has 2 aliphatic carbocycles. The van der Waals surface area contributed by atoms with Gasteiger partial charge in [0.25, 0.3) is 0 Å². The zero-order valence-electron chi connectivity index (χ0n) is 21.5. The van der Waals surface area contributed by atoms with Crippen molar-refractivity contribution in [2.24, 2.45) is 0 Å². The summed E-state index contributed by atoms with van der Waals surface area (Å²) in [4.78, 5) is 5.23. The lowest BCUT2D eigenvalue weighted by atomic mass is 9.70. The highest BCUT2D eigenvalue weighted by Gasteiger charge is 2.51. The van der Waals surface area contributed by atoms with E-state index in [1.165, 1.54) is 60.7 Å². The lowest BCUT2D eigenvalue weighted by Crippen LogP contribution is -2.25. The highest BCUT2D eigenvalue weighted by atomic mass is 79.9. The molecule has 9 rings (SSSR count). The van der Waals surface area contributed by atoms with E-state index in [4.69, 9.17) is 4.98 Å². The Balaban J connectivity index is 1.48. The molecule has 0 amide bonds. The van der Waals surface area contributed by atoms with Crippen LogP contribution < -0.4 is 0 Å². The van der Waals surface area contributed by atoms with Crippen LogP contribution in [0.5, 0.6) is 0 Å². The molecule has 1 nitrogen and oxygen atoms in total. The normalized spacial score (nSPS) is 13.8. The van der Waals surface area contributed by atoms with Crippen molar-refractivity contribution in [3.05, 3.63) is 160 Å². The van der Waals surface area contributed by atoms with E-state index in [9.17, 15) is 0 Å². The first kappa shape index (κ1) is 22.3. The van der Waals surface area contributed by atoms with Crippen molar-refractivity contribution in [1.29, 1.82) is 0 Å². The summed E-state index contributed by atoms with van der Waals surface area (Å²) < 4.78 is 1.07. The Morgan fingerprint density at radius 2 is 1.00 bits per heavy atom. The van der Waals surface area contributed by atoms with E-state index in [2.05, 4.69) is 149 Å². The van der Waals surface area contributed by atoms with Crippen LogP contribution in [0.2, 0.25) is 0 Å². The second-order valence-corrected chi connectivity index (χ2v) is 11.7. The van der Waals surface area contributed by atoms with Crippen molar-refractivity contribution in [1.82, 2.24) is 4.98 Å². The fourth-order valence-corrected chi connectivity index (χ4v) is 7.63. The van der Waals surface area contributed by atoms with Crippen LogP contribution in [0.15, 0.2) is 138 Å². The largest absolute Gasteiger partial charge is 0.247 e. The topological polar surface area (TPSA) is 12.9 Å². The number of pyridine rings is 1. The van der Waals surface area contributed by atoms with Crippen molar-refractivity contribution in [2.45, 2.75) is 5.41 Å². The highest BCUT2D eigenvalue weighted by Crippen LogP contribution is 2.63. The molecule has 0 saturated heterocycles. The highest BCUT2D eigenvalue weighted by molar-refractivity contribution is 9.10. The standard InChI is InChI=1S/C38H22BrN/c39-24-19-17-23(18-20-24)37-31-21-30-27-11-3-7-15-34(27)38(35(30)22-29(31)28-12-4-8-16-36(28)40-37)32-13-5-1-9-25(32)26-10-2-6-14-33(26)38/h1-22H. The van der Waals surface area contributed by atoms with Gasteiger partial charge in [-0.05, 0) is 80.2 Å². The molecule has 1 spiro atoms. The summed E-state index contributed by atoms with van der Waals surface area (Å²) in [6.45, 7) is 0. The summed E-state index contributed by atoms with van der Waals surface area (Å²) in [5.41, 5.74) is 13.5. The number of rotatable bonds is 1. The van der Waals surface area contributed by atoms with Gasteiger partial charge >= 0.3 is 0 Å². The first-order chi connectivity index (χ1) is 19.7. The maximum Gasteiger partial charge on any atom is 0.0788 e. The number of para-hydroxylation sites is 1. The summed E-state index contributed by atoms with van der Waals surface area (Å²) in [5.74, 6) is 0. The smallest absolute Gasteiger partial charge is 0.0788 e. The molecule has 0 radical (unpaired) electrons. The lowest BCUT2D eigenvalue weighted by molar-refractivity contribution is 0.795. The van der Waals surface area contributed by atoms with Gasteiger partial charge in [-0.25, -0.2) is 4.98 Å². The fraction of sp³-hybridized carbons (Fsp3) is 0.0263. The minimum atomic E-state index is -0.352. The second kappa shape index (κ2) is 8.00. The molecule has 0 aliphatic heterocycles. The lowest BCUT2D eigenvalue weighted by Gasteiger charge is -2.30. The van der Waals surface area contributed by atoms with E-state index in [-0.39, 0.29) is 5.41 Å². The molecule has 0 fully saturated rings. The molecule has 0 bridgehead atoms. The first-order valence-electron chi connectivity index (χ1n) is 13.7. The number of aromatic nitrogens is 1. The molecule has 2 aliphatic rings. The average molecular weight is 573 g/mol. The van der Waals surface area contributed by atoms with Gasteiger partial charge in [0.05, 0.1) is 16.6 Å². The van der Waals surface area contributed by atoms with Crippen LogP contribution in [0.25, 0.3) is 55.2 Å². The number of nitrogens with zero attached hydrogens (tertiary/aromatic N) is 1. The third-order valence-corrected chi connectivity index (χ3v) is 9.46. The van der Waals surface area contributed by atoms with E-state index >= 15 is 0 Å². The minimum Gasteiger partial charge on any atom is -0.247 e. The molecule has 6 aromatic carbocycles. The summed E-state index contributed by atoms with van der Waals surface area (Å²) in [6, 6.07) is 48.9. The molecule has 0 N–H and O–H groups in total. The van der Waals surface area contributed by atoms with Gasteiger partial charge in [-0.15, -0.1) is 0 Å².